The maximum absolute atomic E-state index is 12.9. The van der Waals surface area contributed by atoms with E-state index in [1.807, 2.05) is 6.07 Å². The highest BCUT2D eigenvalue weighted by molar-refractivity contribution is 7.87. The predicted octanol–water partition coefficient (Wildman–Crippen LogP) is 3.81. The summed E-state index contributed by atoms with van der Waals surface area (Å²) >= 11 is 7.96. The Kier molecular flexibility index (Phi) is 4.59. The van der Waals surface area contributed by atoms with E-state index in [2.05, 4.69) is 11.1 Å². The molecule has 4 rings (SSSR count). The highest BCUT2D eigenvalue weighted by atomic mass is 35.5. The van der Waals surface area contributed by atoms with Gasteiger partial charge in [-0.2, -0.15) is 5.26 Å². The van der Waals surface area contributed by atoms with Gasteiger partial charge in [-0.1, -0.05) is 24.4 Å². The van der Waals surface area contributed by atoms with Crippen molar-refractivity contribution >= 4 is 39.6 Å². The lowest BCUT2D eigenvalue weighted by Gasteiger charge is -2.33. The molecule has 1 aliphatic heterocycles. The van der Waals surface area contributed by atoms with E-state index in [1.54, 1.807) is 12.3 Å². The van der Waals surface area contributed by atoms with E-state index in [4.69, 9.17) is 27.6 Å². The van der Waals surface area contributed by atoms with Crippen molar-refractivity contribution in [2.45, 2.75) is 36.5 Å². The van der Waals surface area contributed by atoms with Crippen LogP contribution in [-0.2, 0) is 10.8 Å². The van der Waals surface area contributed by atoms with Gasteiger partial charge in [0.25, 0.3) is 0 Å². The Balaban J connectivity index is 1.69. The van der Waals surface area contributed by atoms with Crippen molar-refractivity contribution in [3.05, 3.63) is 40.0 Å². The molecule has 2 aliphatic rings. The average molecular weight is 405 g/mol. The monoisotopic (exact) mass is 404 g/mol. The Morgan fingerprint density at radius 1 is 1.35 bits per heavy atom. The third-order valence-electron chi connectivity index (χ3n) is 5.09. The highest BCUT2D eigenvalue weighted by Gasteiger charge is 2.47. The van der Waals surface area contributed by atoms with Crippen molar-refractivity contribution in [1.82, 2.24) is 4.98 Å². The first-order chi connectivity index (χ1) is 12.5. The van der Waals surface area contributed by atoms with Gasteiger partial charge >= 0.3 is 0 Å². The Morgan fingerprint density at radius 3 is 2.81 bits per heavy atom. The molecule has 2 unspecified atom stereocenters. The Labute approximate surface area is 163 Å². The number of thiophene rings is 1. The first kappa shape index (κ1) is 17.7. The van der Waals surface area contributed by atoms with Crippen LogP contribution in [0.1, 0.15) is 42.2 Å². The van der Waals surface area contributed by atoms with E-state index >= 15 is 0 Å². The molecule has 1 aliphatic carbocycles. The molecule has 0 saturated heterocycles. The van der Waals surface area contributed by atoms with E-state index in [-0.39, 0.29) is 6.04 Å². The molecule has 26 heavy (non-hydrogen) atoms. The lowest BCUT2D eigenvalue weighted by molar-refractivity contribution is 0.626. The number of nitrogens with two attached hydrogens (primary N) is 1. The van der Waals surface area contributed by atoms with Gasteiger partial charge in [-0.05, 0) is 25.0 Å². The summed E-state index contributed by atoms with van der Waals surface area (Å²) in [4.78, 5) is 10.6. The number of nitriles is 1. The normalized spacial score (nSPS) is 24.4. The van der Waals surface area contributed by atoms with Gasteiger partial charge in [-0.15, -0.1) is 11.3 Å². The highest BCUT2D eigenvalue weighted by Crippen LogP contribution is 2.45. The number of aromatic nitrogens is 1. The lowest BCUT2D eigenvalue weighted by atomic mass is 10.1. The quantitative estimate of drug-likeness (QED) is 0.823. The summed E-state index contributed by atoms with van der Waals surface area (Å²) in [5.41, 5.74) is 7.61. The first-order valence-corrected chi connectivity index (χ1v) is 10.9. The van der Waals surface area contributed by atoms with Gasteiger partial charge in [-0.3, -0.25) is 14.2 Å². The van der Waals surface area contributed by atoms with Crippen LogP contribution in [0.4, 0.5) is 0 Å². The second-order valence-electron chi connectivity index (χ2n) is 6.64. The number of halogens is 1. The van der Waals surface area contributed by atoms with Gasteiger partial charge in [0, 0.05) is 38.5 Å². The summed E-state index contributed by atoms with van der Waals surface area (Å²) in [6.45, 7) is 0. The number of hydrogen-bond donors (Lipinski definition) is 1. The predicted molar refractivity (Wildman–Crippen MR) is 106 cm³/mol. The maximum atomic E-state index is 12.9. The molecule has 0 aromatic carbocycles. The molecule has 8 heteroatoms. The number of aliphatic imine (C=N–C) groups is 1. The van der Waals surface area contributed by atoms with Gasteiger partial charge in [0.15, 0.2) is 0 Å². The SMILES string of the molecule is N#Cc1cncc(-c2cc(Cl)c(C3CS(=O)C4(CCCC4)C(N)=N3)s2)c1. The fourth-order valence-electron chi connectivity index (χ4n) is 3.69. The van der Waals surface area contributed by atoms with Crippen LogP contribution in [0, 0.1) is 11.3 Å². The molecule has 134 valence electrons. The van der Waals surface area contributed by atoms with Gasteiger partial charge in [0.05, 0.1) is 22.4 Å². The standard InChI is InChI=1S/C18H17ClN4OS2/c19-13-6-15(12-5-11(7-20)8-22-9-12)25-16(13)14-10-26(24)18(17(21)23-14)3-1-2-4-18/h5-6,8-9,14H,1-4,10H2,(H2,21,23). The van der Waals surface area contributed by atoms with Gasteiger partial charge in [0.1, 0.15) is 16.7 Å². The zero-order chi connectivity index (χ0) is 18.3. The topological polar surface area (TPSA) is 92.1 Å². The fourth-order valence-corrected chi connectivity index (χ4v) is 7.16. The molecule has 2 aromatic heterocycles. The summed E-state index contributed by atoms with van der Waals surface area (Å²) in [6.07, 6.45) is 7.06. The number of pyridine rings is 1. The summed E-state index contributed by atoms with van der Waals surface area (Å²) < 4.78 is 12.5. The molecule has 5 nitrogen and oxygen atoms in total. The zero-order valence-electron chi connectivity index (χ0n) is 13.9. The molecule has 1 spiro atoms. The van der Waals surface area contributed by atoms with E-state index in [0.29, 0.717) is 22.2 Å². The average Bonchev–Trinajstić information content (AvgIpc) is 3.28. The summed E-state index contributed by atoms with van der Waals surface area (Å²) in [5.74, 6) is 0.973. The minimum atomic E-state index is -1.05. The fraction of sp³-hybridized carbons (Fsp3) is 0.389. The first-order valence-electron chi connectivity index (χ1n) is 8.40. The Hall–Kier alpha value is -1.75. The molecule has 0 amide bonds. The molecule has 1 saturated carbocycles. The van der Waals surface area contributed by atoms with E-state index in [0.717, 1.165) is 41.0 Å². The molecule has 2 atom stereocenters. The largest absolute Gasteiger partial charge is 0.386 e. The molecular weight excluding hydrogens is 388 g/mol. The summed E-state index contributed by atoms with van der Waals surface area (Å²) in [5, 5.41) is 9.64. The van der Waals surface area contributed by atoms with Gasteiger partial charge < -0.3 is 5.73 Å². The van der Waals surface area contributed by atoms with Crippen molar-refractivity contribution < 1.29 is 4.21 Å². The lowest BCUT2D eigenvalue weighted by Crippen LogP contribution is -2.49. The van der Waals surface area contributed by atoms with E-state index in [1.165, 1.54) is 17.5 Å². The third-order valence-corrected chi connectivity index (χ3v) is 8.90. The smallest absolute Gasteiger partial charge is 0.113 e. The second kappa shape index (κ2) is 6.76. The number of hydrogen-bond acceptors (Lipinski definition) is 6. The Bertz CT molecular complexity index is 956. The molecule has 3 heterocycles. The van der Waals surface area contributed by atoms with Crippen LogP contribution < -0.4 is 5.73 Å². The van der Waals surface area contributed by atoms with E-state index in [9.17, 15) is 4.21 Å². The maximum Gasteiger partial charge on any atom is 0.113 e. The van der Waals surface area contributed by atoms with Crippen molar-refractivity contribution in [3.8, 4) is 16.5 Å². The second-order valence-corrected chi connectivity index (χ2v) is 9.94. The van der Waals surface area contributed by atoms with Crippen LogP contribution in [0.3, 0.4) is 0 Å². The van der Waals surface area contributed by atoms with E-state index < -0.39 is 15.5 Å². The van der Waals surface area contributed by atoms with Gasteiger partial charge in [0.2, 0.25) is 0 Å². The number of amidine groups is 1. The third kappa shape index (κ3) is 2.86. The molecular formula is C18H17ClN4OS2. The van der Waals surface area contributed by atoms with Crippen LogP contribution in [0.15, 0.2) is 29.5 Å². The number of rotatable bonds is 2. The molecule has 0 radical (unpaired) electrons. The summed E-state index contributed by atoms with van der Waals surface area (Å²) in [6, 6.07) is 5.45. The van der Waals surface area contributed by atoms with Crippen molar-refractivity contribution in [3.63, 3.8) is 0 Å². The Morgan fingerprint density at radius 2 is 2.12 bits per heavy atom. The molecule has 2 N–H and O–H groups in total. The van der Waals surface area contributed by atoms with Crippen molar-refractivity contribution in [1.29, 1.82) is 5.26 Å². The number of nitrogens with zero attached hydrogens (tertiary/aromatic N) is 3. The minimum absolute atomic E-state index is 0.277. The van der Waals surface area contributed by atoms with Gasteiger partial charge in [-0.25, -0.2) is 0 Å². The minimum Gasteiger partial charge on any atom is -0.386 e. The van der Waals surface area contributed by atoms with Crippen molar-refractivity contribution in [2.75, 3.05) is 5.75 Å². The summed E-state index contributed by atoms with van der Waals surface area (Å²) in [7, 11) is -1.05. The van der Waals surface area contributed by atoms with Crippen LogP contribution in [0.5, 0.6) is 0 Å². The van der Waals surface area contributed by atoms with Crippen LogP contribution in [0.2, 0.25) is 5.02 Å². The van der Waals surface area contributed by atoms with Crippen LogP contribution in [-0.4, -0.2) is 25.5 Å². The molecule has 2 aromatic rings. The zero-order valence-corrected chi connectivity index (χ0v) is 16.3. The van der Waals surface area contributed by atoms with Crippen molar-refractivity contribution in [2.24, 2.45) is 10.7 Å². The molecule has 1 fully saturated rings. The van der Waals surface area contributed by atoms with Crippen LogP contribution >= 0.6 is 22.9 Å². The molecule has 0 bridgehead atoms. The van der Waals surface area contributed by atoms with Crippen LogP contribution in [0.25, 0.3) is 10.4 Å².